The number of likely N-dealkylation sites (tertiary alicyclic amines) is 1. The van der Waals surface area contributed by atoms with Crippen LogP contribution < -0.4 is 5.32 Å². The average Bonchev–Trinajstić information content (AvgIpc) is 3.16. The summed E-state index contributed by atoms with van der Waals surface area (Å²) in [5.41, 5.74) is 1.96. The first-order valence-electron chi connectivity index (χ1n) is 10.5. The largest absolute Gasteiger partial charge is 0.324 e. The van der Waals surface area contributed by atoms with E-state index in [1.165, 1.54) is 36.6 Å². The predicted octanol–water partition coefficient (Wildman–Crippen LogP) is 4.81. The minimum absolute atomic E-state index is 0.0660. The van der Waals surface area contributed by atoms with Gasteiger partial charge in [0.25, 0.3) is 0 Å². The topological polar surface area (TPSA) is 63.1 Å². The Kier molecular flexibility index (Phi) is 7.77. The van der Waals surface area contributed by atoms with Crippen LogP contribution in [0.25, 0.3) is 0 Å². The molecule has 3 aromatic rings. The fraction of sp³-hybridized carbons (Fsp3) is 0.348. The summed E-state index contributed by atoms with van der Waals surface area (Å²) in [6.45, 7) is 3.71. The van der Waals surface area contributed by atoms with Crippen molar-refractivity contribution in [2.75, 3.05) is 24.2 Å². The first-order valence-corrected chi connectivity index (χ1v) is 12.3. The van der Waals surface area contributed by atoms with Gasteiger partial charge in [-0.1, -0.05) is 60.6 Å². The van der Waals surface area contributed by atoms with Crippen molar-refractivity contribution in [3.8, 4) is 0 Å². The van der Waals surface area contributed by atoms with Gasteiger partial charge in [-0.25, -0.2) is 0 Å². The Morgan fingerprint density at radius 1 is 0.968 bits per heavy atom. The Balaban J connectivity index is 1.46. The molecule has 4 rings (SSSR count). The van der Waals surface area contributed by atoms with E-state index in [4.69, 9.17) is 0 Å². The van der Waals surface area contributed by atoms with Crippen LogP contribution >= 0.6 is 27.7 Å². The van der Waals surface area contributed by atoms with E-state index < -0.39 is 0 Å². The third kappa shape index (κ3) is 6.18. The molecule has 0 atom stereocenters. The van der Waals surface area contributed by atoms with E-state index >= 15 is 0 Å². The summed E-state index contributed by atoms with van der Waals surface area (Å²) in [7, 11) is 0. The van der Waals surface area contributed by atoms with Gasteiger partial charge in [0.15, 0.2) is 5.16 Å². The Morgan fingerprint density at radius 3 is 2.48 bits per heavy atom. The van der Waals surface area contributed by atoms with Gasteiger partial charge in [0, 0.05) is 4.47 Å². The summed E-state index contributed by atoms with van der Waals surface area (Å²) in [6.07, 6.45) is 3.79. The van der Waals surface area contributed by atoms with E-state index in [-0.39, 0.29) is 11.7 Å². The molecule has 1 N–H and O–H groups in total. The molecule has 8 heteroatoms. The molecule has 0 spiro atoms. The summed E-state index contributed by atoms with van der Waals surface area (Å²) < 4.78 is 3.02. The van der Waals surface area contributed by atoms with Crippen LogP contribution in [-0.4, -0.2) is 44.4 Å². The molecule has 2 aromatic carbocycles. The lowest BCUT2D eigenvalue weighted by Gasteiger charge is -2.26. The first-order chi connectivity index (χ1) is 15.2. The van der Waals surface area contributed by atoms with E-state index in [2.05, 4.69) is 53.0 Å². The maximum Gasteiger partial charge on any atom is 0.234 e. The van der Waals surface area contributed by atoms with Gasteiger partial charge in [0.1, 0.15) is 5.82 Å². The van der Waals surface area contributed by atoms with E-state index in [0.29, 0.717) is 6.54 Å². The van der Waals surface area contributed by atoms with Crippen LogP contribution in [0, 0.1) is 0 Å². The Morgan fingerprint density at radius 2 is 1.71 bits per heavy atom. The zero-order valence-electron chi connectivity index (χ0n) is 17.3. The number of aromatic nitrogens is 3. The van der Waals surface area contributed by atoms with Gasteiger partial charge in [-0.15, -0.1) is 10.2 Å². The second kappa shape index (κ2) is 10.9. The van der Waals surface area contributed by atoms with E-state index in [0.717, 1.165) is 40.8 Å². The summed E-state index contributed by atoms with van der Waals surface area (Å²) >= 11 is 4.89. The lowest BCUT2D eigenvalue weighted by atomic mass is 10.1. The molecule has 1 aromatic heterocycles. The fourth-order valence-corrected chi connectivity index (χ4v) is 4.80. The van der Waals surface area contributed by atoms with Crippen LogP contribution in [0.3, 0.4) is 0 Å². The monoisotopic (exact) mass is 499 g/mol. The number of thioether (sulfide) groups is 1. The molecule has 2 heterocycles. The van der Waals surface area contributed by atoms with Crippen molar-refractivity contribution in [2.45, 2.75) is 37.5 Å². The molecular formula is C23H26BrN5OS. The summed E-state index contributed by atoms with van der Waals surface area (Å²) in [6, 6.07) is 17.9. The van der Waals surface area contributed by atoms with Gasteiger partial charge in [-0.2, -0.15) is 0 Å². The third-order valence-electron chi connectivity index (χ3n) is 5.27. The van der Waals surface area contributed by atoms with Crippen molar-refractivity contribution in [1.29, 1.82) is 0 Å². The fourth-order valence-electron chi connectivity index (χ4n) is 3.66. The van der Waals surface area contributed by atoms with Crippen molar-refractivity contribution in [3.63, 3.8) is 0 Å². The quantitative estimate of drug-likeness (QED) is 0.450. The molecule has 1 aliphatic rings. The summed E-state index contributed by atoms with van der Waals surface area (Å²) in [5.74, 6) is 1.17. The highest BCUT2D eigenvalue weighted by Crippen LogP contribution is 2.24. The van der Waals surface area contributed by atoms with Gasteiger partial charge in [0.05, 0.1) is 24.5 Å². The molecule has 162 valence electrons. The summed E-state index contributed by atoms with van der Waals surface area (Å²) in [4.78, 5) is 15.0. The normalized spacial score (nSPS) is 14.5. The minimum Gasteiger partial charge on any atom is -0.324 e. The lowest BCUT2D eigenvalue weighted by molar-refractivity contribution is -0.113. The van der Waals surface area contributed by atoms with Crippen LogP contribution in [0.4, 0.5) is 5.69 Å². The van der Waals surface area contributed by atoms with E-state index in [1.807, 2.05) is 42.5 Å². The van der Waals surface area contributed by atoms with Crippen LogP contribution in [0.2, 0.25) is 0 Å². The zero-order valence-corrected chi connectivity index (χ0v) is 19.7. The van der Waals surface area contributed by atoms with Crippen molar-refractivity contribution in [3.05, 3.63) is 70.5 Å². The maximum absolute atomic E-state index is 12.5. The molecule has 1 saturated heterocycles. The highest BCUT2D eigenvalue weighted by molar-refractivity contribution is 9.10. The van der Waals surface area contributed by atoms with Crippen LogP contribution in [-0.2, 0) is 17.9 Å². The smallest absolute Gasteiger partial charge is 0.234 e. The molecule has 0 unspecified atom stereocenters. The number of nitrogens with zero attached hydrogens (tertiary/aromatic N) is 4. The Labute approximate surface area is 195 Å². The average molecular weight is 500 g/mol. The number of benzene rings is 2. The van der Waals surface area contributed by atoms with Gasteiger partial charge in [0.2, 0.25) is 5.91 Å². The molecule has 0 saturated carbocycles. The Hall–Kier alpha value is -2.16. The zero-order chi connectivity index (χ0) is 21.5. The Bertz CT molecular complexity index is 1000. The molecule has 31 heavy (non-hydrogen) atoms. The van der Waals surface area contributed by atoms with Crippen LogP contribution in [0.15, 0.2) is 64.2 Å². The standard InChI is InChI=1S/C23H26BrN5OS/c24-19-11-5-6-12-20(19)25-22(30)17-31-23-27-26-21(16-28-13-7-2-8-14-28)29(23)15-18-9-3-1-4-10-18/h1,3-6,9-12H,2,7-8,13-17H2,(H,25,30). The number of anilines is 1. The third-order valence-corrected chi connectivity index (χ3v) is 6.93. The number of piperidine rings is 1. The van der Waals surface area contributed by atoms with E-state index in [9.17, 15) is 4.79 Å². The van der Waals surface area contributed by atoms with Crippen molar-refractivity contribution in [2.24, 2.45) is 0 Å². The lowest BCUT2D eigenvalue weighted by Crippen LogP contribution is -2.30. The number of carbonyl (C=O) groups is 1. The number of amides is 1. The molecule has 0 radical (unpaired) electrons. The number of rotatable bonds is 8. The number of hydrogen-bond donors (Lipinski definition) is 1. The van der Waals surface area contributed by atoms with Crippen molar-refractivity contribution in [1.82, 2.24) is 19.7 Å². The molecule has 1 amide bonds. The van der Waals surface area contributed by atoms with Gasteiger partial charge < -0.3 is 9.88 Å². The summed E-state index contributed by atoms with van der Waals surface area (Å²) in [5, 5.41) is 12.7. The number of para-hydroxylation sites is 1. The predicted molar refractivity (Wildman–Crippen MR) is 128 cm³/mol. The maximum atomic E-state index is 12.5. The first kappa shape index (κ1) is 22.0. The molecule has 0 bridgehead atoms. The molecular weight excluding hydrogens is 474 g/mol. The molecule has 1 aliphatic heterocycles. The SMILES string of the molecule is O=C(CSc1nnc(CN2CCCCC2)n1Cc1ccccc1)Nc1ccccc1Br. The molecule has 1 fully saturated rings. The van der Waals surface area contributed by atoms with Crippen molar-refractivity contribution >= 4 is 39.3 Å². The number of hydrogen-bond acceptors (Lipinski definition) is 5. The molecule has 6 nitrogen and oxygen atoms in total. The molecule has 0 aliphatic carbocycles. The highest BCUT2D eigenvalue weighted by Gasteiger charge is 2.19. The highest BCUT2D eigenvalue weighted by atomic mass is 79.9. The number of nitrogens with one attached hydrogen (secondary N) is 1. The second-order valence-electron chi connectivity index (χ2n) is 7.62. The van der Waals surface area contributed by atoms with Gasteiger partial charge >= 0.3 is 0 Å². The van der Waals surface area contributed by atoms with Crippen molar-refractivity contribution < 1.29 is 4.79 Å². The van der Waals surface area contributed by atoms with E-state index in [1.54, 1.807) is 0 Å². The second-order valence-corrected chi connectivity index (χ2v) is 9.42. The number of halogens is 1. The van der Waals surface area contributed by atoms with Gasteiger partial charge in [-0.05, 0) is 59.6 Å². The van der Waals surface area contributed by atoms with Gasteiger partial charge in [-0.3, -0.25) is 9.69 Å². The minimum atomic E-state index is -0.0660. The van der Waals surface area contributed by atoms with Crippen LogP contribution in [0.5, 0.6) is 0 Å². The van der Waals surface area contributed by atoms with Crippen LogP contribution in [0.1, 0.15) is 30.7 Å². The number of carbonyl (C=O) groups excluding carboxylic acids is 1.